The zero-order valence-electron chi connectivity index (χ0n) is 6.40. The molecule has 0 N–H and O–H groups in total. The van der Waals surface area contributed by atoms with Crippen LogP contribution in [0.3, 0.4) is 0 Å². The number of aldehydes is 1. The summed E-state index contributed by atoms with van der Waals surface area (Å²) in [6, 6.07) is 3.60. The quantitative estimate of drug-likeness (QED) is 0.607. The molecular weight excluding hydrogens is 140 g/mol. The normalized spacial score (nSPS) is 12.5. The average molecular weight is 150 g/mol. The Bertz CT molecular complexity index is 223. The van der Waals surface area contributed by atoms with Crippen LogP contribution in [0.25, 0.3) is 0 Å². The Morgan fingerprint density at radius 1 is 1.73 bits per heavy atom. The van der Waals surface area contributed by atoms with E-state index in [-0.39, 0.29) is 5.92 Å². The molecule has 0 spiro atoms. The first-order valence-corrected chi connectivity index (χ1v) is 3.61. The molecule has 0 fully saturated rings. The van der Waals surface area contributed by atoms with Crippen molar-refractivity contribution in [2.45, 2.75) is 19.3 Å². The van der Waals surface area contributed by atoms with Gasteiger partial charge in [0.1, 0.15) is 6.29 Å². The maximum absolute atomic E-state index is 10.5. The van der Waals surface area contributed by atoms with Gasteiger partial charge in [0, 0.05) is 6.20 Å². The Labute approximate surface area is 65.5 Å². The number of hydrogen-bond acceptors (Lipinski definition) is 3. The second-order valence-corrected chi connectivity index (χ2v) is 2.30. The van der Waals surface area contributed by atoms with Crippen LogP contribution in [0.15, 0.2) is 18.3 Å². The van der Waals surface area contributed by atoms with Crippen molar-refractivity contribution in [1.29, 1.82) is 0 Å². The first-order valence-electron chi connectivity index (χ1n) is 3.61. The summed E-state index contributed by atoms with van der Waals surface area (Å²) >= 11 is 0. The minimum Gasteiger partial charge on any atom is -0.303 e. The minimum absolute atomic E-state index is 0.0938. The highest BCUT2D eigenvalue weighted by Crippen LogP contribution is 2.11. The molecule has 0 aliphatic rings. The van der Waals surface area contributed by atoms with Gasteiger partial charge in [-0.05, 0) is 18.6 Å². The van der Waals surface area contributed by atoms with E-state index >= 15 is 0 Å². The van der Waals surface area contributed by atoms with Gasteiger partial charge in [0.05, 0.1) is 11.6 Å². The van der Waals surface area contributed by atoms with E-state index in [0.717, 1.165) is 18.4 Å². The van der Waals surface area contributed by atoms with Crippen LogP contribution in [0.4, 0.5) is 0 Å². The molecule has 3 heteroatoms. The monoisotopic (exact) mass is 150 g/mol. The summed E-state index contributed by atoms with van der Waals surface area (Å²) in [7, 11) is 0. The first-order chi connectivity index (χ1) is 5.38. The summed E-state index contributed by atoms with van der Waals surface area (Å²) < 4.78 is 0. The molecule has 0 aliphatic carbocycles. The second-order valence-electron chi connectivity index (χ2n) is 2.30. The maximum Gasteiger partial charge on any atom is 0.129 e. The Hall–Kier alpha value is -1.25. The lowest BCUT2D eigenvalue weighted by Gasteiger charge is -2.02. The zero-order valence-corrected chi connectivity index (χ0v) is 6.40. The maximum atomic E-state index is 10.5. The molecule has 0 aliphatic heterocycles. The molecule has 0 radical (unpaired) electrons. The molecule has 3 nitrogen and oxygen atoms in total. The van der Waals surface area contributed by atoms with Crippen molar-refractivity contribution in [3.8, 4) is 0 Å². The summed E-state index contributed by atoms with van der Waals surface area (Å²) in [6.07, 6.45) is 3.28. The van der Waals surface area contributed by atoms with Gasteiger partial charge in [-0.25, -0.2) is 0 Å². The fourth-order valence-corrected chi connectivity index (χ4v) is 0.886. The van der Waals surface area contributed by atoms with Gasteiger partial charge >= 0.3 is 0 Å². The van der Waals surface area contributed by atoms with Gasteiger partial charge in [-0.1, -0.05) is 6.92 Å². The SMILES string of the molecule is CCC(C=O)c1cccnn1. The van der Waals surface area contributed by atoms with Gasteiger partial charge in [-0.15, -0.1) is 0 Å². The highest BCUT2D eigenvalue weighted by molar-refractivity contribution is 5.60. The van der Waals surface area contributed by atoms with E-state index in [1.54, 1.807) is 12.3 Å². The number of hydrogen-bond donors (Lipinski definition) is 0. The number of aromatic nitrogens is 2. The fourth-order valence-electron chi connectivity index (χ4n) is 0.886. The van der Waals surface area contributed by atoms with E-state index in [1.165, 1.54) is 0 Å². The number of nitrogens with zero attached hydrogens (tertiary/aromatic N) is 2. The molecule has 58 valence electrons. The fraction of sp³-hybridized carbons (Fsp3) is 0.375. The van der Waals surface area contributed by atoms with Crippen molar-refractivity contribution in [2.75, 3.05) is 0 Å². The molecule has 1 atom stereocenters. The number of carbonyl (C=O) groups excluding carboxylic acids is 1. The van der Waals surface area contributed by atoms with E-state index in [1.807, 2.05) is 13.0 Å². The van der Waals surface area contributed by atoms with Gasteiger partial charge in [-0.3, -0.25) is 0 Å². The molecule has 0 saturated heterocycles. The van der Waals surface area contributed by atoms with Crippen LogP contribution in [0.2, 0.25) is 0 Å². The zero-order chi connectivity index (χ0) is 8.10. The summed E-state index contributed by atoms with van der Waals surface area (Å²) in [4.78, 5) is 10.5. The lowest BCUT2D eigenvalue weighted by molar-refractivity contribution is -0.109. The molecular formula is C8H10N2O. The van der Waals surface area contributed by atoms with E-state index < -0.39 is 0 Å². The Kier molecular flexibility index (Phi) is 2.72. The molecule has 1 aromatic heterocycles. The highest BCUT2D eigenvalue weighted by atomic mass is 16.1. The Morgan fingerprint density at radius 3 is 3.00 bits per heavy atom. The third-order valence-electron chi connectivity index (χ3n) is 1.58. The van der Waals surface area contributed by atoms with Crippen LogP contribution in [0.1, 0.15) is 25.0 Å². The van der Waals surface area contributed by atoms with E-state index in [9.17, 15) is 4.79 Å². The molecule has 1 unspecified atom stereocenters. The Balaban J connectivity index is 2.82. The van der Waals surface area contributed by atoms with Crippen LogP contribution in [0.5, 0.6) is 0 Å². The topological polar surface area (TPSA) is 42.9 Å². The van der Waals surface area contributed by atoms with Gasteiger partial charge in [0.25, 0.3) is 0 Å². The lowest BCUT2D eigenvalue weighted by atomic mass is 10.0. The summed E-state index contributed by atoms with van der Waals surface area (Å²) in [5.74, 6) is -0.0938. The van der Waals surface area contributed by atoms with Gasteiger partial charge in [-0.2, -0.15) is 10.2 Å². The molecule has 1 heterocycles. The molecule has 0 aromatic carbocycles. The predicted octanol–water partition coefficient (Wildman–Crippen LogP) is 1.17. The predicted molar refractivity (Wildman–Crippen MR) is 41.1 cm³/mol. The number of carbonyl (C=O) groups is 1. The molecule has 1 aromatic rings. The van der Waals surface area contributed by atoms with E-state index in [2.05, 4.69) is 10.2 Å². The molecule has 11 heavy (non-hydrogen) atoms. The van der Waals surface area contributed by atoms with Gasteiger partial charge < -0.3 is 4.79 Å². The second kappa shape index (κ2) is 3.81. The van der Waals surface area contributed by atoms with E-state index in [0.29, 0.717) is 0 Å². The summed E-state index contributed by atoms with van der Waals surface area (Å²) in [5, 5.41) is 7.53. The molecule has 0 bridgehead atoms. The third kappa shape index (κ3) is 1.83. The first kappa shape index (κ1) is 7.85. The minimum atomic E-state index is -0.0938. The number of rotatable bonds is 3. The van der Waals surface area contributed by atoms with Crippen molar-refractivity contribution >= 4 is 6.29 Å². The van der Waals surface area contributed by atoms with Gasteiger partial charge in [0.2, 0.25) is 0 Å². The largest absolute Gasteiger partial charge is 0.303 e. The summed E-state index contributed by atoms with van der Waals surface area (Å²) in [5.41, 5.74) is 0.755. The van der Waals surface area contributed by atoms with Crippen molar-refractivity contribution in [1.82, 2.24) is 10.2 Å². The molecule has 1 rings (SSSR count). The van der Waals surface area contributed by atoms with Crippen LogP contribution in [-0.2, 0) is 4.79 Å². The molecule has 0 amide bonds. The van der Waals surface area contributed by atoms with E-state index in [4.69, 9.17) is 0 Å². The molecule has 0 saturated carbocycles. The lowest BCUT2D eigenvalue weighted by Crippen LogP contribution is -2.01. The van der Waals surface area contributed by atoms with Crippen LogP contribution in [-0.4, -0.2) is 16.5 Å². The smallest absolute Gasteiger partial charge is 0.129 e. The van der Waals surface area contributed by atoms with Crippen LogP contribution in [0, 0.1) is 0 Å². The van der Waals surface area contributed by atoms with Crippen molar-refractivity contribution in [3.05, 3.63) is 24.0 Å². The van der Waals surface area contributed by atoms with Crippen LogP contribution >= 0.6 is 0 Å². The average Bonchev–Trinajstić information content (AvgIpc) is 2.09. The third-order valence-corrected chi connectivity index (χ3v) is 1.58. The standard InChI is InChI=1S/C8H10N2O/c1-2-7(6-11)8-4-3-5-9-10-8/h3-7H,2H2,1H3. The van der Waals surface area contributed by atoms with Crippen molar-refractivity contribution in [2.24, 2.45) is 0 Å². The van der Waals surface area contributed by atoms with Crippen molar-refractivity contribution < 1.29 is 4.79 Å². The summed E-state index contributed by atoms with van der Waals surface area (Å²) in [6.45, 7) is 1.95. The van der Waals surface area contributed by atoms with Crippen molar-refractivity contribution in [3.63, 3.8) is 0 Å². The van der Waals surface area contributed by atoms with Crippen LogP contribution < -0.4 is 0 Å². The Morgan fingerprint density at radius 2 is 2.55 bits per heavy atom. The van der Waals surface area contributed by atoms with Gasteiger partial charge in [0.15, 0.2) is 0 Å². The highest BCUT2D eigenvalue weighted by Gasteiger charge is 2.07.